The predicted molar refractivity (Wildman–Crippen MR) is 96.0 cm³/mol. The molecule has 0 spiro atoms. The third kappa shape index (κ3) is 3.32. The number of aromatic nitrogens is 2. The van der Waals surface area contributed by atoms with Gasteiger partial charge in [-0.2, -0.15) is 0 Å². The standard InChI is InChI=1S/C19H24N4O2/c1-13-21-17-12-25-18-5-3-2-4-14(18)10-16(17)19(22-13)23-8-9-24-15(11-23)6-7-20/h2-5,15H,6-12,20H2,1H3. The van der Waals surface area contributed by atoms with E-state index in [0.717, 1.165) is 49.0 Å². The van der Waals surface area contributed by atoms with E-state index in [-0.39, 0.29) is 6.10 Å². The van der Waals surface area contributed by atoms with Crippen LogP contribution in [0.25, 0.3) is 0 Å². The first-order valence-corrected chi connectivity index (χ1v) is 8.88. The number of morpholine rings is 1. The van der Waals surface area contributed by atoms with Crippen molar-refractivity contribution in [2.45, 2.75) is 32.5 Å². The molecule has 2 aromatic rings. The Morgan fingerprint density at radius 1 is 1.28 bits per heavy atom. The Balaban J connectivity index is 1.71. The highest BCUT2D eigenvalue weighted by Gasteiger charge is 2.27. The second-order valence-electron chi connectivity index (χ2n) is 6.61. The number of hydrogen-bond acceptors (Lipinski definition) is 6. The molecule has 2 aliphatic rings. The van der Waals surface area contributed by atoms with Gasteiger partial charge >= 0.3 is 0 Å². The maximum absolute atomic E-state index is 5.98. The van der Waals surface area contributed by atoms with E-state index in [1.165, 1.54) is 11.1 Å². The third-order valence-corrected chi connectivity index (χ3v) is 4.81. The Morgan fingerprint density at radius 2 is 2.16 bits per heavy atom. The van der Waals surface area contributed by atoms with E-state index in [0.29, 0.717) is 19.8 Å². The van der Waals surface area contributed by atoms with Crippen LogP contribution in [0.1, 0.15) is 29.1 Å². The van der Waals surface area contributed by atoms with Crippen molar-refractivity contribution in [1.29, 1.82) is 0 Å². The quantitative estimate of drug-likeness (QED) is 0.919. The SMILES string of the molecule is Cc1nc2c(c(N3CCOC(CCN)C3)n1)Cc1ccccc1OC2. The van der Waals surface area contributed by atoms with Crippen LogP contribution < -0.4 is 15.4 Å². The van der Waals surface area contributed by atoms with Gasteiger partial charge in [0.15, 0.2) is 0 Å². The van der Waals surface area contributed by atoms with Crippen molar-refractivity contribution in [1.82, 2.24) is 9.97 Å². The van der Waals surface area contributed by atoms with E-state index >= 15 is 0 Å². The summed E-state index contributed by atoms with van der Waals surface area (Å²) in [4.78, 5) is 11.8. The van der Waals surface area contributed by atoms with Gasteiger partial charge in [-0.1, -0.05) is 18.2 Å². The first-order chi connectivity index (χ1) is 12.2. The molecule has 0 saturated carbocycles. The molecule has 0 aliphatic carbocycles. The average molecular weight is 340 g/mol. The third-order valence-electron chi connectivity index (χ3n) is 4.81. The number of nitrogens with two attached hydrogens (primary N) is 1. The first kappa shape index (κ1) is 16.3. The van der Waals surface area contributed by atoms with Crippen molar-refractivity contribution in [2.24, 2.45) is 5.73 Å². The van der Waals surface area contributed by atoms with E-state index in [1.807, 2.05) is 25.1 Å². The second kappa shape index (κ2) is 6.98. The van der Waals surface area contributed by atoms with Crippen LogP contribution in [0.4, 0.5) is 5.82 Å². The fourth-order valence-corrected chi connectivity index (χ4v) is 3.60. The number of anilines is 1. The number of hydrogen-bond donors (Lipinski definition) is 1. The Labute approximate surface area is 148 Å². The summed E-state index contributed by atoms with van der Waals surface area (Å²) in [5.41, 5.74) is 9.05. The highest BCUT2D eigenvalue weighted by molar-refractivity contribution is 5.54. The van der Waals surface area contributed by atoms with E-state index < -0.39 is 0 Å². The van der Waals surface area contributed by atoms with Crippen LogP contribution in [-0.2, 0) is 17.8 Å². The lowest BCUT2D eigenvalue weighted by atomic mass is 10.0. The molecule has 2 aliphatic heterocycles. The smallest absolute Gasteiger partial charge is 0.136 e. The van der Waals surface area contributed by atoms with Crippen molar-refractivity contribution in [3.8, 4) is 5.75 Å². The van der Waals surface area contributed by atoms with Gasteiger partial charge in [-0.05, 0) is 31.5 Å². The van der Waals surface area contributed by atoms with Crippen LogP contribution in [0.15, 0.2) is 24.3 Å². The van der Waals surface area contributed by atoms with Crippen LogP contribution in [0, 0.1) is 6.92 Å². The molecule has 1 saturated heterocycles. The lowest BCUT2D eigenvalue weighted by molar-refractivity contribution is 0.0365. The molecule has 4 rings (SSSR count). The molecule has 1 atom stereocenters. The summed E-state index contributed by atoms with van der Waals surface area (Å²) in [5.74, 6) is 2.74. The van der Waals surface area contributed by atoms with E-state index in [4.69, 9.17) is 20.2 Å². The lowest BCUT2D eigenvalue weighted by Crippen LogP contribution is -2.44. The summed E-state index contributed by atoms with van der Waals surface area (Å²) in [6.07, 6.45) is 1.83. The highest BCUT2D eigenvalue weighted by Crippen LogP contribution is 2.32. The molecular weight excluding hydrogens is 316 g/mol. The summed E-state index contributed by atoms with van der Waals surface area (Å²) in [7, 11) is 0. The zero-order chi connectivity index (χ0) is 17.2. The van der Waals surface area contributed by atoms with Crippen LogP contribution in [0.2, 0.25) is 0 Å². The lowest BCUT2D eigenvalue weighted by Gasteiger charge is -2.35. The Kier molecular flexibility index (Phi) is 4.55. The molecule has 25 heavy (non-hydrogen) atoms. The van der Waals surface area contributed by atoms with Gasteiger partial charge in [-0.25, -0.2) is 9.97 Å². The maximum atomic E-state index is 5.98. The zero-order valence-corrected chi connectivity index (χ0v) is 14.6. The monoisotopic (exact) mass is 340 g/mol. The summed E-state index contributed by atoms with van der Waals surface area (Å²) >= 11 is 0. The molecule has 1 aromatic heterocycles. The molecule has 0 amide bonds. The van der Waals surface area contributed by atoms with Gasteiger partial charge in [0.05, 0.1) is 18.4 Å². The fraction of sp³-hybridized carbons (Fsp3) is 0.474. The fourth-order valence-electron chi connectivity index (χ4n) is 3.60. The first-order valence-electron chi connectivity index (χ1n) is 8.88. The van der Waals surface area contributed by atoms with Crippen LogP contribution >= 0.6 is 0 Å². The number of fused-ring (bicyclic) bond motifs is 2. The molecule has 132 valence electrons. The summed E-state index contributed by atoms with van der Waals surface area (Å²) in [5, 5.41) is 0. The Hall–Kier alpha value is -2.18. The van der Waals surface area contributed by atoms with Crippen LogP contribution in [0.5, 0.6) is 5.75 Å². The van der Waals surface area contributed by atoms with Gasteiger partial charge in [0, 0.05) is 25.1 Å². The topological polar surface area (TPSA) is 73.5 Å². The van der Waals surface area contributed by atoms with E-state index in [9.17, 15) is 0 Å². The summed E-state index contributed by atoms with van der Waals surface area (Å²) in [6, 6.07) is 8.19. The van der Waals surface area contributed by atoms with Gasteiger partial charge in [0.1, 0.15) is 24.0 Å². The van der Waals surface area contributed by atoms with Crippen molar-refractivity contribution in [3.05, 3.63) is 46.9 Å². The molecule has 0 bridgehead atoms. The van der Waals surface area contributed by atoms with Gasteiger partial charge in [0.25, 0.3) is 0 Å². The normalized spacial score (nSPS) is 19.6. The molecule has 1 aromatic carbocycles. The van der Waals surface area contributed by atoms with Gasteiger partial charge in [0.2, 0.25) is 0 Å². The zero-order valence-electron chi connectivity index (χ0n) is 14.6. The molecule has 6 heteroatoms. The molecular formula is C19H24N4O2. The minimum atomic E-state index is 0.166. The van der Waals surface area contributed by atoms with Crippen molar-refractivity contribution in [2.75, 3.05) is 31.1 Å². The number of para-hydroxylation sites is 1. The Bertz CT molecular complexity index is 763. The van der Waals surface area contributed by atoms with Gasteiger partial charge < -0.3 is 20.1 Å². The number of benzene rings is 1. The Morgan fingerprint density at radius 3 is 3.04 bits per heavy atom. The van der Waals surface area contributed by atoms with Gasteiger partial charge in [-0.15, -0.1) is 0 Å². The molecule has 1 unspecified atom stereocenters. The number of nitrogens with zero attached hydrogens (tertiary/aromatic N) is 3. The second-order valence-corrected chi connectivity index (χ2v) is 6.61. The molecule has 1 fully saturated rings. The maximum Gasteiger partial charge on any atom is 0.136 e. The average Bonchev–Trinajstić information content (AvgIpc) is 2.81. The minimum absolute atomic E-state index is 0.166. The molecule has 3 heterocycles. The number of aryl methyl sites for hydroxylation is 1. The summed E-state index contributed by atoms with van der Waals surface area (Å²) in [6.45, 7) is 5.43. The van der Waals surface area contributed by atoms with E-state index in [1.54, 1.807) is 0 Å². The van der Waals surface area contributed by atoms with E-state index in [2.05, 4.69) is 16.0 Å². The van der Waals surface area contributed by atoms with Crippen LogP contribution in [0.3, 0.4) is 0 Å². The van der Waals surface area contributed by atoms with Gasteiger partial charge in [-0.3, -0.25) is 0 Å². The molecule has 0 radical (unpaired) electrons. The largest absolute Gasteiger partial charge is 0.487 e. The highest BCUT2D eigenvalue weighted by atomic mass is 16.5. The van der Waals surface area contributed by atoms with Crippen molar-refractivity contribution >= 4 is 5.82 Å². The molecule has 2 N–H and O–H groups in total. The molecule has 6 nitrogen and oxygen atoms in total. The van der Waals surface area contributed by atoms with Crippen molar-refractivity contribution in [3.63, 3.8) is 0 Å². The number of ether oxygens (including phenoxy) is 2. The number of rotatable bonds is 3. The van der Waals surface area contributed by atoms with Crippen molar-refractivity contribution < 1.29 is 9.47 Å². The van der Waals surface area contributed by atoms with Crippen LogP contribution in [-0.4, -0.2) is 42.3 Å². The summed E-state index contributed by atoms with van der Waals surface area (Å²) < 4.78 is 11.8. The minimum Gasteiger partial charge on any atom is -0.487 e. The predicted octanol–water partition coefficient (Wildman–Crippen LogP) is 1.82.